The molecule has 30 heavy (non-hydrogen) atoms. The number of rotatable bonds is 4. The summed E-state index contributed by atoms with van der Waals surface area (Å²) < 4.78 is 49.4. The number of hydrogen-bond acceptors (Lipinski definition) is 3. The van der Waals surface area contributed by atoms with Crippen molar-refractivity contribution in [3.05, 3.63) is 71.9 Å². The molecule has 0 spiro atoms. The van der Waals surface area contributed by atoms with E-state index in [-0.39, 0.29) is 22.6 Å². The van der Waals surface area contributed by atoms with Gasteiger partial charge in [0, 0.05) is 11.5 Å². The Bertz CT molecular complexity index is 1230. The summed E-state index contributed by atoms with van der Waals surface area (Å²) in [4.78, 5) is 4.66. The van der Waals surface area contributed by atoms with Gasteiger partial charge in [0.1, 0.15) is 5.75 Å². The van der Waals surface area contributed by atoms with E-state index in [9.17, 15) is 13.2 Å². The summed E-state index contributed by atoms with van der Waals surface area (Å²) in [6.07, 6.45) is -2.86. The number of nitrogens with zero attached hydrogens (tertiary/aromatic N) is 3. The van der Waals surface area contributed by atoms with Crippen molar-refractivity contribution < 1.29 is 17.9 Å². The number of alkyl halides is 3. The molecular weight excluding hydrogens is 391 g/mol. The summed E-state index contributed by atoms with van der Waals surface area (Å²) in [6, 6.07) is 17.2. The van der Waals surface area contributed by atoms with Crippen molar-refractivity contribution in [3.63, 3.8) is 0 Å². The molecule has 5 rings (SSSR count). The average molecular weight is 409 g/mol. The molecule has 2 heterocycles. The van der Waals surface area contributed by atoms with Crippen LogP contribution in [-0.4, -0.2) is 21.9 Å². The van der Waals surface area contributed by atoms with E-state index in [1.165, 1.54) is 11.8 Å². The van der Waals surface area contributed by atoms with Gasteiger partial charge in [0.05, 0.1) is 35.1 Å². The number of pyridine rings is 1. The third kappa shape index (κ3) is 3.10. The van der Waals surface area contributed by atoms with Crippen LogP contribution in [0.3, 0.4) is 0 Å². The molecule has 0 N–H and O–H groups in total. The fourth-order valence-electron chi connectivity index (χ4n) is 3.75. The van der Waals surface area contributed by atoms with Crippen molar-refractivity contribution in [2.75, 3.05) is 7.11 Å². The van der Waals surface area contributed by atoms with Gasteiger partial charge in [-0.05, 0) is 43.2 Å². The SMILES string of the molecule is COc1ccccc1-c1cc(C(F)(F)F)c2c(C3CC3)nn(-c3ccccc3)c2n1. The quantitative estimate of drug-likeness (QED) is 0.416. The zero-order valence-corrected chi connectivity index (χ0v) is 16.1. The zero-order valence-electron chi connectivity index (χ0n) is 16.1. The molecule has 152 valence electrons. The Hall–Kier alpha value is -3.35. The summed E-state index contributed by atoms with van der Waals surface area (Å²) in [7, 11) is 1.49. The molecule has 0 radical (unpaired) electrons. The van der Waals surface area contributed by atoms with E-state index in [0.29, 0.717) is 22.7 Å². The molecule has 1 fully saturated rings. The molecular formula is C23H18F3N3O. The minimum Gasteiger partial charge on any atom is -0.496 e. The lowest BCUT2D eigenvalue weighted by molar-refractivity contribution is -0.136. The summed E-state index contributed by atoms with van der Waals surface area (Å²) >= 11 is 0. The van der Waals surface area contributed by atoms with Crippen LogP contribution in [0, 0.1) is 0 Å². The van der Waals surface area contributed by atoms with Crippen molar-refractivity contribution in [1.29, 1.82) is 0 Å². The molecule has 2 aromatic heterocycles. The lowest BCUT2D eigenvalue weighted by Gasteiger charge is -2.13. The Balaban J connectivity index is 1.87. The Labute approximate surface area is 170 Å². The number of methoxy groups -OCH3 is 1. The van der Waals surface area contributed by atoms with Crippen molar-refractivity contribution in [2.45, 2.75) is 24.9 Å². The highest BCUT2D eigenvalue weighted by molar-refractivity contribution is 5.88. The average Bonchev–Trinajstić information content (AvgIpc) is 3.53. The van der Waals surface area contributed by atoms with Gasteiger partial charge in [0.25, 0.3) is 0 Å². The van der Waals surface area contributed by atoms with E-state index in [4.69, 9.17) is 4.74 Å². The number of halogens is 3. The molecule has 2 aromatic carbocycles. The maximum absolute atomic E-state index is 14.2. The molecule has 4 nitrogen and oxygen atoms in total. The second kappa shape index (κ2) is 6.86. The van der Waals surface area contributed by atoms with Gasteiger partial charge in [-0.2, -0.15) is 18.3 Å². The van der Waals surface area contributed by atoms with Crippen LogP contribution in [0.25, 0.3) is 28.0 Å². The Morgan fingerprint density at radius 2 is 1.70 bits per heavy atom. The van der Waals surface area contributed by atoms with Gasteiger partial charge < -0.3 is 4.74 Å². The highest BCUT2D eigenvalue weighted by Gasteiger charge is 2.39. The molecule has 1 saturated carbocycles. The first-order valence-electron chi connectivity index (χ1n) is 9.67. The number of benzene rings is 2. The summed E-state index contributed by atoms with van der Waals surface area (Å²) in [5, 5.41) is 4.69. The fourth-order valence-corrected chi connectivity index (χ4v) is 3.75. The molecule has 0 aliphatic heterocycles. The highest BCUT2D eigenvalue weighted by atomic mass is 19.4. The van der Waals surface area contributed by atoms with Gasteiger partial charge in [-0.15, -0.1) is 0 Å². The van der Waals surface area contributed by atoms with Crippen molar-refractivity contribution in [3.8, 4) is 22.7 Å². The maximum atomic E-state index is 14.2. The minimum absolute atomic E-state index is 0.0393. The molecule has 1 aliphatic carbocycles. The van der Waals surface area contributed by atoms with E-state index < -0.39 is 11.7 Å². The molecule has 0 unspecified atom stereocenters. The lowest BCUT2D eigenvalue weighted by atomic mass is 10.0. The van der Waals surface area contributed by atoms with Crippen molar-refractivity contribution in [2.24, 2.45) is 0 Å². The van der Waals surface area contributed by atoms with Gasteiger partial charge in [-0.1, -0.05) is 30.3 Å². The van der Waals surface area contributed by atoms with Crippen LogP contribution in [0.2, 0.25) is 0 Å². The Morgan fingerprint density at radius 1 is 1.00 bits per heavy atom. The van der Waals surface area contributed by atoms with E-state index in [2.05, 4.69) is 10.1 Å². The smallest absolute Gasteiger partial charge is 0.417 e. The Morgan fingerprint density at radius 3 is 2.37 bits per heavy atom. The monoisotopic (exact) mass is 409 g/mol. The fraction of sp³-hybridized carbons (Fsp3) is 0.217. The third-order valence-electron chi connectivity index (χ3n) is 5.32. The zero-order chi connectivity index (χ0) is 20.9. The van der Waals surface area contributed by atoms with Crippen molar-refractivity contribution in [1.82, 2.24) is 14.8 Å². The topological polar surface area (TPSA) is 39.9 Å². The molecule has 4 aromatic rings. The van der Waals surface area contributed by atoms with Gasteiger partial charge in [-0.25, -0.2) is 9.67 Å². The predicted molar refractivity (Wildman–Crippen MR) is 108 cm³/mol. The van der Waals surface area contributed by atoms with Crippen molar-refractivity contribution >= 4 is 11.0 Å². The Kier molecular flexibility index (Phi) is 4.27. The molecule has 0 bridgehead atoms. The normalized spacial score (nSPS) is 14.3. The predicted octanol–water partition coefficient (Wildman–Crippen LogP) is 5.99. The number of para-hydroxylation sites is 2. The van der Waals surface area contributed by atoms with Crippen LogP contribution in [0.5, 0.6) is 5.75 Å². The number of ether oxygens (including phenoxy) is 1. The van der Waals surface area contributed by atoms with E-state index in [0.717, 1.165) is 18.9 Å². The molecule has 1 aliphatic rings. The van der Waals surface area contributed by atoms with Crippen LogP contribution in [0.4, 0.5) is 13.2 Å². The maximum Gasteiger partial charge on any atom is 0.417 e. The third-order valence-corrected chi connectivity index (χ3v) is 5.32. The summed E-state index contributed by atoms with van der Waals surface area (Å²) in [5.41, 5.74) is 1.34. The first-order chi connectivity index (χ1) is 14.5. The molecule has 0 atom stereocenters. The largest absolute Gasteiger partial charge is 0.496 e. The van der Waals surface area contributed by atoms with E-state index in [1.54, 1.807) is 24.3 Å². The molecule has 0 amide bonds. The van der Waals surface area contributed by atoms with E-state index >= 15 is 0 Å². The summed E-state index contributed by atoms with van der Waals surface area (Å²) in [5.74, 6) is 0.503. The first-order valence-corrected chi connectivity index (χ1v) is 9.67. The lowest BCUT2D eigenvalue weighted by Crippen LogP contribution is -2.08. The van der Waals surface area contributed by atoms with Gasteiger partial charge >= 0.3 is 6.18 Å². The molecule has 0 saturated heterocycles. The van der Waals surface area contributed by atoms with Gasteiger partial charge in [0.2, 0.25) is 0 Å². The van der Waals surface area contributed by atoms with Crippen LogP contribution in [0.1, 0.15) is 30.0 Å². The standard InChI is InChI=1S/C23H18F3N3O/c1-30-19-10-6-5-9-16(19)18-13-17(23(24,25)26)20-21(14-11-12-14)28-29(22(20)27-18)15-7-3-2-4-8-15/h2-10,13-14H,11-12H2,1H3. The number of hydrogen-bond donors (Lipinski definition) is 0. The second-order valence-electron chi connectivity index (χ2n) is 7.36. The van der Waals surface area contributed by atoms with Gasteiger partial charge in [0.15, 0.2) is 5.65 Å². The second-order valence-corrected chi connectivity index (χ2v) is 7.36. The highest BCUT2D eigenvalue weighted by Crippen LogP contribution is 2.47. The van der Waals surface area contributed by atoms with Crippen LogP contribution in [-0.2, 0) is 6.18 Å². The first kappa shape index (κ1) is 18.7. The molecule has 7 heteroatoms. The van der Waals surface area contributed by atoms with Gasteiger partial charge in [-0.3, -0.25) is 0 Å². The van der Waals surface area contributed by atoms with Crippen LogP contribution < -0.4 is 4.74 Å². The summed E-state index contributed by atoms with van der Waals surface area (Å²) in [6.45, 7) is 0. The minimum atomic E-state index is -4.54. The van der Waals surface area contributed by atoms with Crippen LogP contribution in [0.15, 0.2) is 60.7 Å². The van der Waals surface area contributed by atoms with E-state index in [1.807, 2.05) is 30.3 Å². The number of fused-ring (bicyclic) bond motifs is 1. The number of aromatic nitrogens is 3. The van der Waals surface area contributed by atoms with Crippen LogP contribution >= 0.6 is 0 Å².